The lowest BCUT2D eigenvalue weighted by Crippen LogP contribution is -2.48. The quantitative estimate of drug-likeness (QED) is 0.559. The highest BCUT2D eigenvalue weighted by Gasteiger charge is 2.38. The van der Waals surface area contributed by atoms with E-state index in [2.05, 4.69) is 11.1 Å². The number of carbonyl (C=O) groups is 2. The summed E-state index contributed by atoms with van der Waals surface area (Å²) in [5, 5.41) is 2.49. The van der Waals surface area contributed by atoms with Crippen LogP contribution in [0.4, 0.5) is 9.93 Å². The van der Waals surface area contributed by atoms with Gasteiger partial charge < -0.3 is 4.74 Å². The van der Waals surface area contributed by atoms with E-state index < -0.39 is 12.1 Å². The fourth-order valence-corrected chi connectivity index (χ4v) is 4.45. The number of aryl methyl sites for hydroxylation is 1. The molecule has 160 valence electrons. The molecule has 2 amide bonds. The Balaban J connectivity index is 1.49. The number of aromatic nitrogens is 1. The van der Waals surface area contributed by atoms with E-state index in [0.29, 0.717) is 24.6 Å². The molecule has 1 aromatic heterocycles. The average Bonchev–Trinajstić information content (AvgIpc) is 3.48. The second-order valence-electron chi connectivity index (χ2n) is 7.62. The number of likely N-dealkylation sites (tertiary alicyclic amines) is 1. The lowest BCUT2D eigenvalue weighted by atomic mass is 10.1. The summed E-state index contributed by atoms with van der Waals surface area (Å²) >= 11 is 1.42. The van der Waals surface area contributed by atoms with Crippen molar-refractivity contribution in [3.63, 3.8) is 0 Å². The van der Waals surface area contributed by atoms with Gasteiger partial charge in [-0.15, -0.1) is 11.3 Å². The van der Waals surface area contributed by atoms with Crippen LogP contribution >= 0.6 is 11.3 Å². The van der Waals surface area contributed by atoms with E-state index in [9.17, 15) is 9.59 Å². The van der Waals surface area contributed by atoms with E-state index in [1.54, 1.807) is 16.0 Å². The number of rotatable bonds is 6. The molecular formula is C24H25N3O3S. The molecule has 1 unspecified atom stereocenters. The van der Waals surface area contributed by atoms with Crippen LogP contribution in [0, 0.1) is 6.92 Å². The standard InChI is InChI=1S/C24H25N3O3S/c1-18-7-5-10-20(15-18)16-27(23-25-12-14-31-23)22(28)21-11-6-13-26(21)24(29)30-17-19-8-3-2-4-9-19/h2-5,7-10,12,14-15,21H,6,11,13,16-17H2,1H3. The predicted octanol–water partition coefficient (Wildman–Crippen LogP) is 4.79. The molecule has 0 aliphatic carbocycles. The van der Waals surface area contributed by atoms with E-state index in [-0.39, 0.29) is 12.5 Å². The second-order valence-corrected chi connectivity index (χ2v) is 8.49. The Morgan fingerprint density at radius 1 is 1.16 bits per heavy atom. The van der Waals surface area contributed by atoms with Gasteiger partial charge in [0, 0.05) is 18.1 Å². The summed E-state index contributed by atoms with van der Waals surface area (Å²) in [7, 11) is 0. The molecule has 1 fully saturated rings. The van der Waals surface area contributed by atoms with Crippen LogP contribution < -0.4 is 4.90 Å². The summed E-state index contributed by atoms with van der Waals surface area (Å²) in [4.78, 5) is 33.9. The van der Waals surface area contributed by atoms with Gasteiger partial charge in [0.25, 0.3) is 5.91 Å². The highest BCUT2D eigenvalue weighted by molar-refractivity contribution is 7.13. The first kappa shape index (κ1) is 21.1. The van der Waals surface area contributed by atoms with Crippen LogP contribution in [-0.2, 0) is 22.7 Å². The Bertz CT molecular complexity index is 1020. The van der Waals surface area contributed by atoms with E-state index >= 15 is 0 Å². The van der Waals surface area contributed by atoms with E-state index in [1.165, 1.54) is 11.3 Å². The molecule has 31 heavy (non-hydrogen) atoms. The molecule has 0 radical (unpaired) electrons. The third-order valence-corrected chi connectivity index (χ3v) is 6.11. The molecule has 1 aliphatic rings. The summed E-state index contributed by atoms with van der Waals surface area (Å²) in [5.41, 5.74) is 3.08. The van der Waals surface area contributed by atoms with Crippen molar-refractivity contribution in [2.24, 2.45) is 0 Å². The minimum atomic E-state index is -0.544. The molecule has 3 aromatic rings. The molecule has 0 N–H and O–H groups in total. The number of hydrogen-bond donors (Lipinski definition) is 0. The Hall–Kier alpha value is -3.19. The molecule has 0 bridgehead atoms. The van der Waals surface area contributed by atoms with Gasteiger partial charge in [-0.3, -0.25) is 14.6 Å². The number of anilines is 1. The third-order valence-electron chi connectivity index (χ3n) is 5.32. The van der Waals surface area contributed by atoms with Gasteiger partial charge in [0.2, 0.25) is 0 Å². The Morgan fingerprint density at radius 3 is 2.71 bits per heavy atom. The van der Waals surface area contributed by atoms with Crippen molar-refractivity contribution in [1.29, 1.82) is 0 Å². The van der Waals surface area contributed by atoms with Crippen LogP contribution in [0.5, 0.6) is 0 Å². The molecular weight excluding hydrogens is 410 g/mol. The molecule has 0 saturated carbocycles. The van der Waals surface area contributed by atoms with Crippen molar-refractivity contribution >= 4 is 28.5 Å². The Morgan fingerprint density at radius 2 is 1.97 bits per heavy atom. The molecule has 0 spiro atoms. The molecule has 4 rings (SSSR count). The lowest BCUT2D eigenvalue weighted by molar-refractivity contribution is -0.122. The summed E-state index contributed by atoms with van der Waals surface area (Å²) in [6.07, 6.45) is 2.63. The van der Waals surface area contributed by atoms with Crippen LogP contribution in [0.15, 0.2) is 66.2 Å². The number of hydrogen-bond acceptors (Lipinski definition) is 5. The molecule has 2 heterocycles. The van der Waals surface area contributed by atoms with Gasteiger partial charge in [-0.25, -0.2) is 9.78 Å². The average molecular weight is 436 g/mol. The maximum Gasteiger partial charge on any atom is 0.410 e. The van der Waals surface area contributed by atoms with Gasteiger partial charge in [0.1, 0.15) is 12.6 Å². The zero-order valence-electron chi connectivity index (χ0n) is 17.4. The van der Waals surface area contributed by atoms with Crippen LogP contribution in [-0.4, -0.2) is 34.5 Å². The van der Waals surface area contributed by atoms with Gasteiger partial charge >= 0.3 is 6.09 Å². The van der Waals surface area contributed by atoms with Gasteiger partial charge in [-0.05, 0) is 30.9 Å². The number of ether oxygens (including phenoxy) is 1. The first-order valence-corrected chi connectivity index (χ1v) is 11.2. The zero-order valence-corrected chi connectivity index (χ0v) is 18.3. The van der Waals surface area contributed by atoms with Crippen molar-refractivity contribution in [1.82, 2.24) is 9.88 Å². The largest absolute Gasteiger partial charge is 0.445 e. The topological polar surface area (TPSA) is 62.7 Å². The molecule has 1 aliphatic heterocycles. The number of benzene rings is 2. The van der Waals surface area contributed by atoms with E-state index in [1.807, 2.05) is 60.8 Å². The summed E-state index contributed by atoms with van der Waals surface area (Å²) in [6.45, 7) is 3.15. The Labute approximate surface area is 186 Å². The molecule has 7 heteroatoms. The molecule has 6 nitrogen and oxygen atoms in total. The van der Waals surface area contributed by atoms with Crippen LogP contribution in [0.3, 0.4) is 0 Å². The second kappa shape index (κ2) is 9.75. The number of amides is 2. The third kappa shape index (κ3) is 5.11. The molecule has 1 atom stereocenters. The SMILES string of the molecule is Cc1cccc(CN(C(=O)C2CCCN2C(=O)OCc2ccccc2)c2nccs2)c1. The highest BCUT2D eigenvalue weighted by atomic mass is 32.1. The summed E-state index contributed by atoms with van der Waals surface area (Å²) < 4.78 is 5.50. The van der Waals surface area contributed by atoms with Crippen LogP contribution in [0.1, 0.15) is 29.5 Å². The van der Waals surface area contributed by atoms with Crippen molar-refractivity contribution < 1.29 is 14.3 Å². The van der Waals surface area contributed by atoms with Crippen molar-refractivity contribution in [3.8, 4) is 0 Å². The fraction of sp³-hybridized carbons (Fsp3) is 0.292. The van der Waals surface area contributed by atoms with Crippen molar-refractivity contribution in [2.45, 2.75) is 39.0 Å². The first-order chi connectivity index (χ1) is 15.1. The zero-order chi connectivity index (χ0) is 21.6. The molecule has 1 saturated heterocycles. The van der Waals surface area contributed by atoms with Gasteiger partial charge in [0.05, 0.1) is 6.54 Å². The van der Waals surface area contributed by atoms with Gasteiger partial charge in [-0.1, -0.05) is 60.2 Å². The van der Waals surface area contributed by atoms with E-state index in [0.717, 1.165) is 23.1 Å². The minimum Gasteiger partial charge on any atom is -0.445 e. The maximum absolute atomic E-state index is 13.6. The maximum atomic E-state index is 13.6. The first-order valence-electron chi connectivity index (χ1n) is 10.4. The van der Waals surface area contributed by atoms with Crippen LogP contribution in [0.25, 0.3) is 0 Å². The molecule has 2 aromatic carbocycles. The van der Waals surface area contributed by atoms with Gasteiger partial charge in [-0.2, -0.15) is 0 Å². The van der Waals surface area contributed by atoms with Gasteiger partial charge in [0.15, 0.2) is 5.13 Å². The van der Waals surface area contributed by atoms with Crippen LogP contribution in [0.2, 0.25) is 0 Å². The summed E-state index contributed by atoms with van der Waals surface area (Å²) in [6, 6.07) is 17.1. The number of thiazole rings is 1. The Kier molecular flexibility index (Phi) is 6.62. The monoisotopic (exact) mass is 435 g/mol. The minimum absolute atomic E-state index is 0.120. The lowest BCUT2D eigenvalue weighted by Gasteiger charge is -2.28. The normalized spacial score (nSPS) is 15.6. The predicted molar refractivity (Wildman–Crippen MR) is 121 cm³/mol. The summed E-state index contributed by atoms with van der Waals surface area (Å²) in [5.74, 6) is -0.120. The number of carbonyl (C=O) groups excluding carboxylic acids is 2. The smallest absolute Gasteiger partial charge is 0.410 e. The van der Waals surface area contributed by atoms with Crippen molar-refractivity contribution in [2.75, 3.05) is 11.4 Å². The number of nitrogens with zero attached hydrogens (tertiary/aromatic N) is 3. The highest BCUT2D eigenvalue weighted by Crippen LogP contribution is 2.27. The van der Waals surface area contributed by atoms with Crippen molar-refractivity contribution in [3.05, 3.63) is 82.9 Å². The van der Waals surface area contributed by atoms with E-state index in [4.69, 9.17) is 4.74 Å². The fourth-order valence-electron chi connectivity index (χ4n) is 3.81.